The molecule has 0 aliphatic carbocycles. The molecule has 0 bridgehead atoms. The summed E-state index contributed by atoms with van der Waals surface area (Å²) in [6.07, 6.45) is 4.03. The average Bonchev–Trinajstić information content (AvgIpc) is 3.00. The van der Waals surface area contributed by atoms with Gasteiger partial charge in [0.1, 0.15) is 11.5 Å². The highest BCUT2D eigenvalue weighted by atomic mass is 35.5. The smallest absolute Gasteiger partial charge is 0.223 e. The maximum absolute atomic E-state index is 5.87. The Hall–Kier alpha value is -2.12. The van der Waals surface area contributed by atoms with Crippen molar-refractivity contribution >= 4 is 42.4 Å². The second-order valence-corrected chi connectivity index (χ2v) is 4.39. The maximum atomic E-state index is 5.87. The molecule has 0 aromatic heterocycles. The minimum atomic E-state index is 0. The van der Waals surface area contributed by atoms with Crippen molar-refractivity contribution in [1.82, 2.24) is 4.90 Å². The highest BCUT2D eigenvalue weighted by Crippen LogP contribution is 2.27. The van der Waals surface area contributed by atoms with Crippen molar-refractivity contribution < 1.29 is 9.47 Å². The lowest BCUT2D eigenvalue weighted by Gasteiger charge is -2.15. The predicted octanol–water partition coefficient (Wildman–Crippen LogP) is 1.68. The van der Waals surface area contributed by atoms with Gasteiger partial charge in [-0.3, -0.25) is 0 Å². The fourth-order valence-corrected chi connectivity index (χ4v) is 1.87. The van der Waals surface area contributed by atoms with Crippen molar-refractivity contribution in [3.05, 3.63) is 30.4 Å². The van der Waals surface area contributed by atoms with E-state index in [0.29, 0.717) is 23.1 Å². The highest BCUT2D eigenvalue weighted by Gasteiger charge is 2.09. The van der Waals surface area contributed by atoms with Gasteiger partial charge in [0.2, 0.25) is 5.96 Å². The average molecular weight is 362 g/mol. The van der Waals surface area contributed by atoms with Gasteiger partial charge in [-0.05, 0) is 0 Å². The Morgan fingerprint density at radius 2 is 1.52 bits per heavy atom. The summed E-state index contributed by atoms with van der Waals surface area (Å²) >= 11 is 0. The molecule has 1 heterocycles. The van der Waals surface area contributed by atoms with Crippen LogP contribution in [0.2, 0.25) is 0 Å². The topological polar surface area (TPSA) is 98.5 Å². The van der Waals surface area contributed by atoms with Crippen LogP contribution in [-0.2, 0) is 0 Å². The fourth-order valence-electron chi connectivity index (χ4n) is 1.87. The minimum Gasteiger partial charge on any atom is -0.497 e. The van der Waals surface area contributed by atoms with Crippen LogP contribution in [0.4, 0.5) is 5.69 Å². The number of aliphatic imine (C=N–C) groups is 2. The number of halogens is 2. The fraction of sp³-hybridized carbons (Fsp3) is 0.286. The third kappa shape index (κ3) is 5.88. The lowest BCUT2D eigenvalue weighted by Crippen LogP contribution is -2.36. The van der Waals surface area contributed by atoms with Crippen LogP contribution in [0.5, 0.6) is 11.5 Å². The molecule has 23 heavy (non-hydrogen) atoms. The lowest BCUT2D eigenvalue weighted by molar-refractivity contribution is 0.394. The first kappa shape index (κ1) is 20.9. The second kappa shape index (κ2) is 9.81. The molecule has 0 spiro atoms. The van der Waals surface area contributed by atoms with Gasteiger partial charge in [-0.15, -0.1) is 24.8 Å². The second-order valence-electron chi connectivity index (χ2n) is 4.39. The van der Waals surface area contributed by atoms with Gasteiger partial charge in [0, 0.05) is 31.3 Å². The Morgan fingerprint density at radius 1 is 1.00 bits per heavy atom. The molecular formula is C14H21Cl2N5O2. The molecule has 0 radical (unpaired) electrons. The summed E-state index contributed by atoms with van der Waals surface area (Å²) in [6.45, 7) is 1.46. The standard InChI is InChI=1S/C14H19N5O2.2ClH/c1-20-11-7-10(8-12(9-11)21-2)17-13(15)18-14(16)19-5-3-4-6-19;;/h3-4,7-9H,5-6H2,1-2H3,(H4,15,16,17,18);2*1H. The Balaban J connectivity index is 0.00000242. The van der Waals surface area contributed by atoms with Crippen molar-refractivity contribution in [2.24, 2.45) is 21.5 Å². The van der Waals surface area contributed by atoms with Crippen LogP contribution in [-0.4, -0.2) is 44.1 Å². The van der Waals surface area contributed by atoms with Crippen LogP contribution in [0, 0.1) is 0 Å². The molecule has 4 N–H and O–H groups in total. The van der Waals surface area contributed by atoms with Gasteiger partial charge in [0.05, 0.1) is 19.9 Å². The van der Waals surface area contributed by atoms with Gasteiger partial charge in [0.15, 0.2) is 5.96 Å². The Bertz CT molecular complexity index is 575. The molecule has 128 valence electrons. The molecule has 7 nitrogen and oxygen atoms in total. The van der Waals surface area contributed by atoms with Gasteiger partial charge in [-0.25, -0.2) is 4.99 Å². The molecule has 1 aromatic carbocycles. The normalized spacial score (nSPS) is 14.1. The first-order chi connectivity index (χ1) is 10.1. The maximum Gasteiger partial charge on any atom is 0.223 e. The lowest BCUT2D eigenvalue weighted by atomic mass is 10.3. The van der Waals surface area contributed by atoms with Crippen LogP contribution in [0.15, 0.2) is 40.3 Å². The largest absolute Gasteiger partial charge is 0.497 e. The molecule has 9 heteroatoms. The highest BCUT2D eigenvalue weighted by molar-refractivity contribution is 5.94. The quantitative estimate of drug-likeness (QED) is 0.484. The molecule has 1 aliphatic heterocycles. The van der Waals surface area contributed by atoms with E-state index >= 15 is 0 Å². The van der Waals surface area contributed by atoms with Crippen LogP contribution in [0.1, 0.15) is 0 Å². The van der Waals surface area contributed by atoms with Crippen LogP contribution < -0.4 is 20.9 Å². The summed E-state index contributed by atoms with van der Waals surface area (Å²) in [5, 5.41) is 0. The van der Waals surface area contributed by atoms with Crippen LogP contribution >= 0.6 is 24.8 Å². The molecule has 2 rings (SSSR count). The van der Waals surface area contributed by atoms with E-state index in [1.807, 2.05) is 17.1 Å². The molecule has 0 fully saturated rings. The monoisotopic (exact) mass is 361 g/mol. The molecule has 1 aromatic rings. The van der Waals surface area contributed by atoms with Crippen molar-refractivity contribution in [3.8, 4) is 11.5 Å². The number of benzene rings is 1. The van der Waals surface area contributed by atoms with E-state index in [1.54, 1.807) is 32.4 Å². The number of hydrogen-bond donors (Lipinski definition) is 2. The predicted molar refractivity (Wildman–Crippen MR) is 97.7 cm³/mol. The number of rotatable bonds is 3. The number of methoxy groups -OCH3 is 2. The minimum absolute atomic E-state index is 0. The summed E-state index contributed by atoms with van der Waals surface area (Å²) < 4.78 is 10.3. The first-order valence-corrected chi connectivity index (χ1v) is 6.43. The Kier molecular flexibility index (Phi) is 8.90. The summed E-state index contributed by atoms with van der Waals surface area (Å²) in [6, 6.07) is 5.22. The molecule has 1 aliphatic rings. The molecule has 0 unspecified atom stereocenters. The summed E-state index contributed by atoms with van der Waals surface area (Å²) in [5.74, 6) is 1.68. The van der Waals surface area contributed by atoms with Crippen molar-refractivity contribution in [3.63, 3.8) is 0 Å². The summed E-state index contributed by atoms with van der Waals surface area (Å²) in [5.41, 5.74) is 12.3. The van der Waals surface area contributed by atoms with Gasteiger partial charge in [-0.2, -0.15) is 4.99 Å². The van der Waals surface area contributed by atoms with Crippen molar-refractivity contribution in [2.75, 3.05) is 27.3 Å². The van der Waals surface area contributed by atoms with E-state index in [2.05, 4.69) is 9.98 Å². The van der Waals surface area contributed by atoms with Gasteiger partial charge in [0.25, 0.3) is 0 Å². The van der Waals surface area contributed by atoms with Crippen LogP contribution in [0.25, 0.3) is 0 Å². The number of ether oxygens (including phenoxy) is 2. The zero-order chi connectivity index (χ0) is 15.2. The number of nitrogens with zero attached hydrogens (tertiary/aromatic N) is 3. The molecule has 0 saturated carbocycles. The molecular weight excluding hydrogens is 341 g/mol. The summed E-state index contributed by atoms with van der Waals surface area (Å²) in [7, 11) is 3.14. The zero-order valence-corrected chi connectivity index (χ0v) is 14.6. The van der Waals surface area contributed by atoms with Crippen LogP contribution in [0.3, 0.4) is 0 Å². The third-order valence-electron chi connectivity index (χ3n) is 2.95. The van der Waals surface area contributed by atoms with Gasteiger partial charge in [-0.1, -0.05) is 12.2 Å². The molecule has 0 atom stereocenters. The molecule has 0 saturated heterocycles. The molecule has 0 amide bonds. The zero-order valence-electron chi connectivity index (χ0n) is 12.9. The van der Waals surface area contributed by atoms with Crippen molar-refractivity contribution in [1.29, 1.82) is 0 Å². The van der Waals surface area contributed by atoms with Gasteiger partial charge < -0.3 is 25.8 Å². The third-order valence-corrected chi connectivity index (χ3v) is 2.95. The van der Waals surface area contributed by atoms with E-state index in [0.717, 1.165) is 13.1 Å². The van der Waals surface area contributed by atoms with Crippen molar-refractivity contribution in [2.45, 2.75) is 0 Å². The van der Waals surface area contributed by atoms with E-state index in [1.165, 1.54) is 0 Å². The van der Waals surface area contributed by atoms with E-state index in [9.17, 15) is 0 Å². The van der Waals surface area contributed by atoms with E-state index in [4.69, 9.17) is 20.9 Å². The van der Waals surface area contributed by atoms with Gasteiger partial charge >= 0.3 is 0 Å². The summed E-state index contributed by atoms with van der Waals surface area (Å²) in [4.78, 5) is 10.2. The first-order valence-electron chi connectivity index (χ1n) is 6.43. The van der Waals surface area contributed by atoms with E-state index < -0.39 is 0 Å². The number of nitrogens with two attached hydrogens (primary N) is 2. The number of guanidine groups is 2. The number of hydrogen-bond acceptors (Lipinski definition) is 3. The SMILES string of the molecule is COc1cc(N=C(N)/N=C(/N)N2CC=CC2)cc(OC)c1.Cl.Cl. The Labute approximate surface area is 147 Å². The Morgan fingerprint density at radius 3 is 2.00 bits per heavy atom. The van der Waals surface area contributed by atoms with E-state index in [-0.39, 0.29) is 30.8 Å².